The van der Waals surface area contributed by atoms with Crippen LogP contribution in [0.1, 0.15) is 5.56 Å². The van der Waals surface area contributed by atoms with Crippen LogP contribution < -0.4 is 16.0 Å². The van der Waals surface area contributed by atoms with E-state index < -0.39 is 22.8 Å². The van der Waals surface area contributed by atoms with Crippen molar-refractivity contribution >= 4 is 40.6 Å². The minimum atomic E-state index is -4.63. The molecule has 0 saturated heterocycles. The van der Waals surface area contributed by atoms with Gasteiger partial charge in [-0.05, 0) is 42.5 Å². The number of urea groups is 1. The second-order valence-electron chi connectivity index (χ2n) is 7.11. The molecule has 0 bridgehead atoms. The van der Waals surface area contributed by atoms with Crippen LogP contribution >= 0.6 is 11.6 Å². The van der Waals surface area contributed by atoms with Crippen LogP contribution in [0.25, 0.3) is 11.3 Å². The van der Waals surface area contributed by atoms with Gasteiger partial charge in [-0.3, -0.25) is 0 Å². The molecule has 0 aliphatic heterocycles. The van der Waals surface area contributed by atoms with Crippen molar-refractivity contribution in [3.63, 3.8) is 0 Å². The van der Waals surface area contributed by atoms with Crippen molar-refractivity contribution in [2.75, 3.05) is 16.0 Å². The van der Waals surface area contributed by atoms with Crippen LogP contribution in [0.3, 0.4) is 0 Å². The van der Waals surface area contributed by atoms with Gasteiger partial charge in [-0.1, -0.05) is 48.0 Å². The van der Waals surface area contributed by atoms with Gasteiger partial charge >= 0.3 is 12.2 Å². The van der Waals surface area contributed by atoms with Crippen molar-refractivity contribution in [2.24, 2.45) is 0 Å². The van der Waals surface area contributed by atoms with Gasteiger partial charge in [0.2, 0.25) is 5.95 Å². The molecule has 1 heterocycles. The van der Waals surface area contributed by atoms with E-state index in [1.54, 1.807) is 36.5 Å². The number of nitrogens with zero attached hydrogens (tertiary/aromatic N) is 2. The largest absolute Gasteiger partial charge is 0.417 e. The fourth-order valence-electron chi connectivity index (χ4n) is 3.11. The van der Waals surface area contributed by atoms with Crippen molar-refractivity contribution in [3.8, 4) is 11.3 Å². The monoisotopic (exact) mass is 483 g/mol. The molecule has 6 nitrogen and oxygen atoms in total. The quantitative estimate of drug-likeness (QED) is 0.280. The Morgan fingerprint density at radius 2 is 1.53 bits per heavy atom. The summed E-state index contributed by atoms with van der Waals surface area (Å²) in [7, 11) is 0. The molecule has 172 valence electrons. The van der Waals surface area contributed by atoms with Gasteiger partial charge in [0.1, 0.15) is 0 Å². The number of carbonyl (C=O) groups excluding carboxylic acids is 1. The summed E-state index contributed by atoms with van der Waals surface area (Å²) in [5.41, 5.74) is 1.62. The maximum Gasteiger partial charge on any atom is 0.417 e. The van der Waals surface area contributed by atoms with Crippen LogP contribution in [0.5, 0.6) is 0 Å². The van der Waals surface area contributed by atoms with Gasteiger partial charge in [0.25, 0.3) is 0 Å². The highest BCUT2D eigenvalue weighted by atomic mass is 35.5. The van der Waals surface area contributed by atoms with E-state index in [1.807, 2.05) is 30.3 Å². The van der Waals surface area contributed by atoms with E-state index in [2.05, 4.69) is 25.9 Å². The lowest BCUT2D eigenvalue weighted by atomic mass is 10.1. The number of aromatic nitrogens is 2. The summed E-state index contributed by atoms with van der Waals surface area (Å²) in [4.78, 5) is 21.0. The summed E-state index contributed by atoms with van der Waals surface area (Å²) in [6, 6.07) is 20.6. The maximum atomic E-state index is 13.0. The Balaban J connectivity index is 1.44. The van der Waals surface area contributed by atoms with Crippen LogP contribution in [0, 0.1) is 0 Å². The maximum absolute atomic E-state index is 13.0. The van der Waals surface area contributed by atoms with E-state index in [0.29, 0.717) is 17.3 Å². The fraction of sp³-hybridized carbons (Fsp3) is 0.0417. The molecule has 3 aromatic carbocycles. The summed E-state index contributed by atoms with van der Waals surface area (Å²) in [5.74, 6) is 0.365. The van der Waals surface area contributed by atoms with Crippen LogP contribution in [0.2, 0.25) is 5.02 Å². The number of nitrogens with one attached hydrogen (secondary N) is 3. The number of anilines is 4. The van der Waals surface area contributed by atoms with E-state index in [4.69, 9.17) is 11.6 Å². The standard InChI is InChI=1S/C24H17ClF3N5O/c25-20-10-9-18(14-19(20)24(26,27)28)32-23(34)31-17-8-4-7-16(13-17)30-22-29-12-11-21(33-22)15-5-2-1-3-6-15/h1-14H,(H,29,30,33)(H2,31,32,34). The number of hydrogen-bond donors (Lipinski definition) is 3. The molecule has 3 N–H and O–H groups in total. The first-order chi connectivity index (χ1) is 16.3. The van der Waals surface area contributed by atoms with Crippen molar-refractivity contribution in [1.29, 1.82) is 0 Å². The highest BCUT2D eigenvalue weighted by Gasteiger charge is 2.33. The summed E-state index contributed by atoms with van der Waals surface area (Å²) in [5, 5.41) is 7.58. The zero-order valence-corrected chi connectivity index (χ0v) is 18.2. The average Bonchev–Trinajstić information content (AvgIpc) is 2.80. The Morgan fingerprint density at radius 1 is 0.824 bits per heavy atom. The first kappa shape index (κ1) is 23.1. The summed E-state index contributed by atoms with van der Waals surface area (Å²) < 4.78 is 39.1. The predicted octanol–water partition coefficient (Wildman–Crippen LogP) is 7.20. The first-order valence-electron chi connectivity index (χ1n) is 9.98. The molecule has 0 spiro atoms. The van der Waals surface area contributed by atoms with Crippen molar-refractivity contribution in [3.05, 3.63) is 95.6 Å². The zero-order valence-electron chi connectivity index (χ0n) is 17.4. The third-order valence-corrected chi connectivity index (χ3v) is 4.96. The second kappa shape index (κ2) is 9.80. The third-order valence-electron chi connectivity index (χ3n) is 4.63. The molecule has 0 saturated carbocycles. The number of rotatable bonds is 5. The molecular formula is C24H17ClF3N5O. The number of benzene rings is 3. The lowest BCUT2D eigenvalue weighted by Crippen LogP contribution is -2.20. The van der Waals surface area contributed by atoms with Gasteiger partial charge in [-0.2, -0.15) is 13.2 Å². The number of hydrogen-bond acceptors (Lipinski definition) is 4. The summed E-state index contributed by atoms with van der Waals surface area (Å²) in [6.07, 6.45) is -3.00. The second-order valence-corrected chi connectivity index (χ2v) is 7.52. The molecule has 10 heteroatoms. The number of amides is 2. The molecule has 2 amide bonds. The molecule has 0 radical (unpaired) electrons. The van der Waals surface area contributed by atoms with Gasteiger partial charge in [0.05, 0.1) is 16.3 Å². The minimum absolute atomic E-state index is 0.0466. The molecule has 0 atom stereocenters. The summed E-state index contributed by atoms with van der Waals surface area (Å²) >= 11 is 5.61. The van der Waals surface area contributed by atoms with Gasteiger partial charge < -0.3 is 16.0 Å². The zero-order chi connectivity index (χ0) is 24.1. The third kappa shape index (κ3) is 5.81. The van der Waals surface area contributed by atoms with Gasteiger partial charge in [0, 0.05) is 28.8 Å². The SMILES string of the molecule is O=C(Nc1cccc(Nc2nccc(-c3ccccc3)n2)c1)Nc1ccc(Cl)c(C(F)(F)F)c1. The first-order valence-corrected chi connectivity index (χ1v) is 10.4. The Labute approximate surface area is 197 Å². The summed E-state index contributed by atoms with van der Waals surface area (Å²) in [6.45, 7) is 0. The lowest BCUT2D eigenvalue weighted by Gasteiger charge is -2.13. The van der Waals surface area contributed by atoms with Gasteiger partial charge in [-0.25, -0.2) is 14.8 Å². The highest BCUT2D eigenvalue weighted by Crippen LogP contribution is 2.36. The van der Waals surface area contributed by atoms with Crippen LogP contribution in [-0.4, -0.2) is 16.0 Å². The molecule has 4 rings (SSSR count). The number of alkyl halides is 3. The Bertz CT molecular complexity index is 1320. The Morgan fingerprint density at radius 3 is 2.26 bits per heavy atom. The number of halogens is 4. The van der Waals surface area contributed by atoms with Gasteiger partial charge in [-0.15, -0.1) is 0 Å². The molecule has 0 unspecified atom stereocenters. The van der Waals surface area contributed by atoms with Crippen molar-refractivity contribution < 1.29 is 18.0 Å². The lowest BCUT2D eigenvalue weighted by molar-refractivity contribution is -0.137. The van der Waals surface area contributed by atoms with E-state index in [-0.39, 0.29) is 5.69 Å². The molecule has 1 aromatic heterocycles. The fourth-order valence-corrected chi connectivity index (χ4v) is 3.33. The van der Waals surface area contributed by atoms with E-state index in [1.165, 1.54) is 6.07 Å². The number of carbonyl (C=O) groups is 1. The van der Waals surface area contributed by atoms with E-state index in [0.717, 1.165) is 23.4 Å². The topological polar surface area (TPSA) is 78.9 Å². The van der Waals surface area contributed by atoms with E-state index in [9.17, 15) is 18.0 Å². The predicted molar refractivity (Wildman–Crippen MR) is 126 cm³/mol. The molecule has 4 aromatic rings. The minimum Gasteiger partial charge on any atom is -0.324 e. The average molecular weight is 484 g/mol. The molecule has 0 fully saturated rings. The van der Waals surface area contributed by atoms with E-state index >= 15 is 0 Å². The molecule has 34 heavy (non-hydrogen) atoms. The highest BCUT2D eigenvalue weighted by molar-refractivity contribution is 6.31. The van der Waals surface area contributed by atoms with Crippen LogP contribution in [-0.2, 0) is 6.18 Å². The smallest absolute Gasteiger partial charge is 0.324 e. The van der Waals surface area contributed by atoms with Crippen LogP contribution in [0.4, 0.5) is 41.0 Å². The molecular weight excluding hydrogens is 467 g/mol. The van der Waals surface area contributed by atoms with Crippen molar-refractivity contribution in [1.82, 2.24) is 9.97 Å². The Kier molecular flexibility index (Phi) is 6.65. The molecule has 0 aliphatic rings. The Hall–Kier alpha value is -4.11. The normalized spacial score (nSPS) is 11.1. The molecule has 0 aliphatic carbocycles. The van der Waals surface area contributed by atoms with Crippen molar-refractivity contribution in [2.45, 2.75) is 6.18 Å². The van der Waals surface area contributed by atoms with Gasteiger partial charge in [0.15, 0.2) is 0 Å². The van der Waals surface area contributed by atoms with Crippen LogP contribution in [0.15, 0.2) is 85.1 Å².